The summed E-state index contributed by atoms with van der Waals surface area (Å²) in [6.07, 6.45) is -4.31. The smallest absolute Gasteiger partial charge is 0.417 e. The molecule has 0 bridgehead atoms. The molecular formula is C54H40F6N2O2. The third-order valence-corrected chi connectivity index (χ3v) is 10.7. The average Bonchev–Trinajstić information content (AvgIpc) is 3.31. The predicted octanol–water partition coefficient (Wildman–Crippen LogP) is 16.2. The Balaban J connectivity index is 1.09. The Hall–Kier alpha value is -7.72. The molecule has 320 valence electrons. The fraction of sp³-hybridized carbons (Fsp3) is 0.0741. The van der Waals surface area contributed by atoms with Crippen molar-refractivity contribution in [3.05, 3.63) is 215 Å². The van der Waals surface area contributed by atoms with Crippen LogP contribution in [0.4, 0.5) is 60.5 Å². The first-order chi connectivity index (χ1) is 30.9. The normalized spacial score (nSPS) is 11.9. The molecule has 0 N–H and O–H groups in total. The van der Waals surface area contributed by atoms with E-state index in [9.17, 15) is 26.3 Å². The van der Waals surface area contributed by atoms with Gasteiger partial charge in [0.05, 0.1) is 25.3 Å². The molecule has 64 heavy (non-hydrogen) atoms. The van der Waals surface area contributed by atoms with Gasteiger partial charge in [-0.25, -0.2) is 0 Å². The van der Waals surface area contributed by atoms with Crippen molar-refractivity contribution in [2.24, 2.45) is 0 Å². The lowest BCUT2D eigenvalue weighted by Crippen LogP contribution is -2.12. The molecule has 0 spiro atoms. The summed E-state index contributed by atoms with van der Waals surface area (Å²) in [6, 6.07) is 53.4. The summed E-state index contributed by atoms with van der Waals surface area (Å²) in [5.41, 5.74) is 3.49. The van der Waals surface area contributed by atoms with Crippen molar-refractivity contribution in [1.82, 2.24) is 0 Å². The first-order valence-corrected chi connectivity index (χ1v) is 20.2. The third-order valence-electron chi connectivity index (χ3n) is 10.7. The topological polar surface area (TPSA) is 24.9 Å². The summed E-state index contributed by atoms with van der Waals surface area (Å²) >= 11 is 0. The number of hydrogen-bond donors (Lipinski definition) is 0. The van der Waals surface area contributed by atoms with Gasteiger partial charge in [-0.2, -0.15) is 26.3 Å². The van der Waals surface area contributed by atoms with Crippen molar-refractivity contribution < 1.29 is 35.8 Å². The number of fused-ring (bicyclic) bond motifs is 1. The summed E-state index contributed by atoms with van der Waals surface area (Å²) in [5, 5.41) is -1.09. The number of benzene rings is 8. The van der Waals surface area contributed by atoms with Gasteiger partial charge in [-0.15, -0.1) is 0 Å². The first-order valence-electron chi connectivity index (χ1n) is 20.2. The molecule has 4 nitrogen and oxygen atoms in total. The molecular weight excluding hydrogens is 823 g/mol. The predicted molar refractivity (Wildman–Crippen MR) is 247 cm³/mol. The second-order valence-electron chi connectivity index (χ2n) is 14.7. The van der Waals surface area contributed by atoms with Crippen molar-refractivity contribution in [2.45, 2.75) is 12.4 Å². The molecule has 10 heteroatoms. The average molecular weight is 863 g/mol. The molecule has 0 aromatic heterocycles. The minimum absolute atomic E-state index is 0.260. The monoisotopic (exact) mass is 862 g/mol. The van der Waals surface area contributed by atoms with Gasteiger partial charge in [0.1, 0.15) is 11.5 Å². The maximum absolute atomic E-state index is 14.9. The van der Waals surface area contributed by atoms with Crippen LogP contribution in [0.1, 0.15) is 33.4 Å². The Kier molecular flexibility index (Phi) is 12.3. The molecule has 0 saturated heterocycles. The Morgan fingerprint density at radius 1 is 0.344 bits per heavy atom. The van der Waals surface area contributed by atoms with E-state index in [-0.39, 0.29) is 11.1 Å². The first kappa shape index (κ1) is 42.9. The molecule has 0 saturated carbocycles. The van der Waals surface area contributed by atoms with E-state index >= 15 is 0 Å². The van der Waals surface area contributed by atoms with Gasteiger partial charge in [-0.3, -0.25) is 0 Å². The molecule has 0 aliphatic heterocycles. The van der Waals surface area contributed by atoms with Gasteiger partial charge in [-0.1, -0.05) is 109 Å². The molecule has 8 aromatic carbocycles. The lowest BCUT2D eigenvalue weighted by Gasteiger charge is -2.25. The van der Waals surface area contributed by atoms with E-state index in [2.05, 4.69) is 0 Å². The lowest BCUT2D eigenvalue weighted by molar-refractivity contribution is -0.138. The van der Waals surface area contributed by atoms with Crippen molar-refractivity contribution in [3.63, 3.8) is 0 Å². The van der Waals surface area contributed by atoms with Crippen molar-refractivity contribution in [2.75, 3.05) is 24.0 Å². The van der Waals surface area contributed by atoms with Crippen LogP contribution in [0.2, 0.25) is 0 Å². The molecule has 0 radical (unpaired) electrons. The maximum atomic E-state index is 14.9. The van der Waals surface area contributed by atoms with Crippen LogP contribution in [0.25, 0.3) is 35.1 Å². The van der Waals surface area contributed by atoms with E-state index < -0.39 is 34.3 Å². The van der Waals surface area contributed by atoms with Crippen molar-refractivity contribution in [1.29, 1.82) is 0 Å². The van der Waals surface area contributed by atoms with Gasteiger partial charge in [0.15, 0.2) is 0 Å². The molecule has 0 amide bonds. The lowest BCUT2D eigenvalue weighted by atomic mass is 9.91. The van der Waals surface area contributed by atoms with Crippen molar-refractivity contribution in [3.8, 4) is 11.5 Å². The van der Waals surface area contributed by atoms with E-state index in [4.69, 9.17) is 9.47 Å². The number of anilines is 6. The van der Waals surface area contributed by atoms with Crippen LogP contribution in [-0.2, 0) is 12.4 Å². The maximum Gasteiger partial charge on any atom is 0.417 e. The fourth-order valence-electron chi connectivity index (χ4n) is 7.70. The number of hydrogen-bond acceptors (Lipinski definition) is 4. The van der Waals surface area contributed by atoms with Gasteiger partial charge in [-0.05, 0) is 130 Å². The van der Waals surface area contributed by atoms with Crippen LogP contribution < -0.4 is 19.3 Å². The highest BCUT2D eigenvalue weighted by Gasteiger charge is 2.39. The zero-order valence-electron chi connectivity index (χ0n) is 34.6. The Bertz CT molecular complexity index is 2690. The summed E-state index contributed by atoms with van der Waals surface area (Å²) in [5.74, 6) is 1.40. The summed E-state index contributed by atoms with van der Waals surface area (Å²) < 4.78 is 100. The summed E-state index contributed by atoms with van der Waals surface area (Å²) in [4.78, 5) is 4.06. The van der Waals surface area contributed by atoms with Crippen LogP contribution in [-0.4, -0.2) is 14.2 Å². The van der Waals surface area contributed by atoms with E-state index in [1.807, 2.05) is 143 Å². The number of methoxy groups -OCH3 is 2. The number of para-hydroxylation sites is 2. The number of alkyl halides is 6. The highest BCUT2D eigenvalue weighted by atomic mass is 19.4. The Morgan fingerprint density at radius 2 is 0.641 bits per heavy atom. The molecule has 0 aliphatic carbocycles. The van der Waals surface area contributed by atoms with Crippen molar-refractivity contribution >= 4 is 69.2 Å². The zero-order chi connectivity index (χ0) is 44.8. The highest BCUT2D eigenvalue weighted by Crippen LogP contribution is 2.45. The van der Waals surface area contributed by atoms with Gasteiger partial charge >= 0.3 is 12.4 Å². The standard InChI is InChI=1S/C54H40F6N2O2/c1-63-47-31-27-45(28-32-47)61(41-9-5-3-6-10-41)43-23-15-37(16-24-43)13-19-39-21-35-50-49(51(39)53(55,56)57)36-22-40(52(50)54(58,59)60)20-14-38-17-25-44(26-18-38)62(42-11-7-4-8-12-42)46-29-33-48(64-2)34-30-46/h3-36H,1-2H3. The van der Waals surface area contributed by atoms with Crippen LogP contribution in [0.15, 0.2) is 182 Å². The zero-order valence-corrected chi connectivity index (χ0v) is 34.6. The molecule has 0 atom stereocenters. The van der Waals surface area contributed by atoms with Gasteiger partial charge in [0, 0.05) is 34.1 Å². The number of halogens is 6. The molecule has 8 rings (SSSR count). The van der Waals surface area contributed by atoms with Crippen LogP contribution in [0, 0.1) is 0 Å². The van der Waals surface area contributed by atoms with E-state index in [0.29, 0.717) is 22.6 Å². The molecule has 8 aromatic rings. The molecule has 0 unspecified atom stereocenters. The third kappa shape index (κ3) is 9.36. The second-order valence-corrected chi connectivity index (χ2v) is 14.7. The van der Waals surface area contributed by atoms with Crippen LogP contribution in [0.5, 0.6) is 11.5 Å². The molecule has 0 fully saturated rings. The number of rotatable bonds is 12. The Labute approximate surface area is 367 Å². The van der Waals surface area contributed by atoms with Gasteiger partial charge in [0.2, 0.25) is 0 Å². The van der Waals surface area contributed by atoms with Gasteiger partial charge < -0.3 is 19.3 Å². The summed E-state index contributed by atoms with van der Waals surface area (Å²) in [7, 11) is 3.18. The van der Waals surface area contributed by atoms with E-state index in [1.54, 1.807) is 38.5 Å². The summed E-state index contributed by atoms with van der Waals surface area (Å²) in [6.45, 7) is 0. The molecule has 0 aliphatic rings. The second kappa shape index (κ2) is 18.3. The quantitative estimate of drug-likeness (QED) is 0.0902. The van der Waals surface area contributed by atoms with E-state index in [0.717, 1.165) is 58.4 Å². The minimum Gasteiger partial charge on any atom is -0.497 e. The SMILES string of the molecule is COc1ccc(N(c2ccccc2)c2ccc(C=Cc3ccc4c(C(F)(F)F)c(C=Cc5ccc(N(c6ccccc6)c6ccc(OC)cc6)cc5)ccc4c3C(F)(F)F)cc2)cc1. The van der Waals surface area contributed by atoms with Crippen LogP contribution in [0.3, 0.4) is 0 Å². The highest BCUT2D eigenvalue weighted by molar-refractivity contribution is 5.96. The number of nitrogens with zero attached hydrogens (tertiary/aromatic N) is 2. The minimum atomic E-state index is -4.96. The fourth-order valence-corrected chi connectivity index (χ4v) is 7.70. The molecule has 0 heterocycles. The van der Waals surface area contributed by atoms with Gasteiger partial charge in [0.25, 0.3) is 0 Å². The Morgan fingerprint density at radius 3 is 0.938 bits per heavy atom. The van der Waals surface area contributed by atoms with Crippen LogP contribution >= 0.6 is 0 Å². The van der Waals surface area contributed by atoms with E-state index in [1.165, 1.54) is 24.3 Å². The number of ether oxygens (including phenoxy) is 2. The largest absolute Gasteiger partial charge is 0.497 e.